The van der Waals surface area contributed by atoms with Crippen molar-refractivity contribution in [3.63, 3.8) is 0 Å². The minimum absolute atomic E-state index is 0.145. The average Bonchev–Trinajstić information content (AvgIpc) is 2.97. The third-order valence-electron chi connectivity index (χ3n) is 3.85. The fourth-order valence-electron chi connectivity index (χ4n) is 2.34. The minimum Gasteiger partial charge on any atom is -0.332 e. The zero-order valence-corrected chi connectivity index (χ0v) is 14.0. The highest BCUT2D eigenvalue weighted by Crippen LogP contribution is 2.29. The number of hydrogen-bond acceptors (Lipinski definition) is 4. The zero-order valence-electron chi connectivity index (χ0n) is 13.2. The van der Waals surface area contributed by atoms with E-state index in [9.17, 15) is 9.59 Å². The molecule has 0 aliphatic carbocycles. The van der Waals surface area contributed by atoms with Crippen molar-refractivity contribution in [1.29, 1.82) is 0 Å². The number of thiazole rings is 1. The van der Waals surface area contributed by atoms with Gasteiger partial charge in [-0.05, 0) is 38.1 Å². The molecule has 23 heavy (non-hydrogen) atoms. The molecule has 0 spiro atoms. The quantitative estimate of drug-likeness (QED) is 0.804. The first kappa shape index (κ1) is 15.4. The van der Waals surface area contributed by atoms with E-state index in [1.807, 2.05) is 31.2 Å². The van der Waals surface area contributed by atoms with Crippen LogP contribution in [0.3, 0.4) is 0 Å². The molecule has 0 unspecified atom stereocenters. The van der Waals surface area contributed by atoms with Crippen molar-refractivity contribution < 1.29 is 4.79 Å². The molecule has 1 N–H and O–H groups in total. The van der Waals surface area contributed by atoms with Gasteiger partial charge in [-0.3, -0.25) is 9.59 Å². The largest absolute Gasteiger partial charge is 0.332 e. The van der Waals surface area contributed by atoms with Crippen LogP contribution < -0.4 is 5.56 Å². The van der Waals surface area contributed by atoms with Crippen molar-refractivity contribution in [2.24, 2.45) is 0 Å². The van der Waals surface area contributed by atoms with Crippen LogP contribution in [0.25, 0.3) is 10.2 Å². The number of pyridine rings is 1. The second-order valence-electron chi connectivity index (χ2n) is 5.50. The van der Waals surface area contributed by atoms with E-state index in [4.69, 9.17) is 0 Å². The minimum atomic E-state index is -0.363. The lowest BCUT2D eigenvalue weighted by Gasteiger charge is -2.23. The molecule has 0 aliphatic heterocycles. The van der Waals surface area contributed by atoms with E-state index in [1.165, 1.54) is 0 Å². The van der Waals surface area contributed by atoms with E-state index in [2.05, 4.69) is 9.97 Å². The summed E-state index contributed by atoms with van der Waals surface area (Å²) in [6.45, 7) is 3.70. The molecule has 0 aliphatic rings. The normalized spacial score (nSPS) is 12.3. The molecular formula is C17H17N3O2S. The maximum Gasteiger partial charge on any atom is 0.260 e. The lowest BCUT2D eigenvalue weighted by atomic mass is 10.2. The average molecular weight is 327 g/mol. The summed E-state index contributed by atoms with van der Waals surface area (Å²) < 4.78 is 1.09. The fourth-order valence-corrected chi connectivity index (χ4v) is 3.40. The molecule has 0 fully saturated rings. The number of aromatic amines is 1. The van der Waals surface area contributed by atoms with E-state index < -0.39 is 0 Å². The summed E-state index contributed by atoms with van der Waals surface area (Å²) >= 11 is 1.56. The Balaban J connectivity index is 1.90. The second kappa shape index (κ2) is 5.96. The van der Waals surface area contributed by atoms with Crippen LogP contribution in [-0.4, -0.2) is 27.8 Å². The first-order chi connectivity index (χ1) is 11.0. The third kappa shape index (κ3) is 2.90. The predicted octanol–water partition coefficient (Wildman–Crippen LogP) is 3.13. The molecule has 6 heteroatoms. The second-order valence-corrected chi connectivity index (χ2v) is 6.56. The molecule has 0 saturated heterocycles. The standard InChI is InChI=1S/C17H17N3O2S/c1-10-8-9-12(15(21)18-10)17(22)20(3)11(2)16-19-13-6-4-5-7-14(13)23-16/h4-9,11H,1-3H3,(H,18,21)/t11-/m0/s1. The number of carbonyl (C=O) groups excluding carboxylic acids is 1. The number of benzene rings is 1. The van der Waals surface area contributed by atoms with Crippen LogP contribution in [0.4, 0.5) is 0 Å². The topological polar surface area (TPSA) is 66.1 Å². The van der Waals surface area contributed by atoms with Gasteiger partial charge in [-0.15, -0.1) is 11.3 Å². The Morgan fingerprint density at radius 3 is 2.70 bits per heavy atom. The number of H-pyrrole nitrogens is 1. The van der Waals surface area contributed by atoms with Gasteiger partial charge < -0.3 is 9.88 Å². The maximum absolute atomic E-state index is 12.6. The number of nitrogens with zero attached hydrogens (tertiary/aromatic N) is 2. The van der Waals surface area contributed by atoms with Gasteiger partial charge in [-0.2, -0.15) is 0 Å². The first-order valence-corrected chi connectivity index (χ1v) is 8.11. The van der Waals surface area contributed by atoms with Crippen LogP contribution in [0.1, 0.15) is 34.0 Å². The van der Waals surface area contributed by atoms with Crippen LogP contribution >= 0.6 is 11.3 Å². The molecular weight excluding hydrogens is 310 g/mol. The highest BCUT2D eigenvalue weighted by molar-refractivity contribution is 7.18. The van der Waals surface area contributed by atoms with E-state index in [0.717, 1.165) is 20.9 Å². The molecule has 0 bridgehead atoms. The van der Waals surface area contributed by atoms with Gasteiger partial charge in [-0.1, -0.05) is 12.1 Å². The summed E-state index contributed by atoms with van der Waals surface area (Å²) in [4.78, 5) is 33.4. The summed E-state index contributed by atoms with van der Waals surface area (Å²) in [5.74, 6) is -0.307. The van der Waals surface area contributed by atoms with E-state index in [0.29, 0.717) is 0 Å². The van der Waals surface area contributed by atoms with Crippen LogP contribution in [0.2, 0.25) is 0 Å². The Morgan fingerprint density at radius 2 is 2.00 bits per heavy atom. The molecule has 2 aromatic heterocycles. The Morgan fingerprint density at radius 1 is 1.26 bits per heavy atom. The van der Waals surface area contributed by atoms with Crippen LogP contribution in [-0.2, 0) is 0 Å². The summed E-state index contributed by atoms with van der Waals surface area (Å²) in [5.41, 5.74) is 1.44. The molecule has 2 heterocycles. The van der Waals surface area contributed by atoms with Crippen molar-refractivity contribution in [2.45, 2.75) is 19.9 Å². The monoisotopic (exact) mass is 327 g/mol. The van der Waals surface area contributed by atoms with Gasteiger partial charge in [0, 0.05) is 12.7 Å². The number of carbonyl (C=O) groups is 1. The number of para-hydroxylation sites is 1. The predicted molar refractivity (Wildman–Crippen MR) is 91.9 cm³/mol. The van der Waals surface area contributed by atoms with Crippen molar-refractivity contribution >= 4 is 27.5 Å². The third-order valence-corrected chi connectivity index (χ3v) is 5.06. The summed E-state index contributed by atoms with van der Waals surface area (Å²) in [6.07, 6.45) is 0. The number of rotatable bonds is 3. The van der Waals surface area contributed by atoms with Crippen molar-refractivity contribution in [3.05, 3.63) is 63.0 Å². The summed E-state index contributed by atoms with van der Waals surface area (Å²) in [5, 5.41) is 0.852. The Labute approximate surface area is 137 Å². The van der Waals surface area contributed by atoms with Gasteiger partial charge >= 0.3 is 0 Å². The molecule has 0 saturated carbocycles. The van der Waals surface area contributed by atoms with Crippen molar-refractivity contribution in [1.82, 2.24) is 14.9 Å². The molecule has 3 rings (SSSR count). The van der Waals surface area contributed by atoms with E-state index in [-0.39, 0.29) is 23.1 Å². The highest BCUT2D eigenvalue weighted by atomic mass is 32.1. The molecule has 1 atom stereocenters. The van der Waals surface area contributed by atoms with Gasteiger partial charge in [0.05, 0.1) is 16.3 Å². The van der Waals surface area contributed by atoms with Gasteiger partial charge in [0.15, 0.2) is 0 Å². The summed E-state index contributed by atoms with van der Waals surface area (Å²) in [7, 11) is 1.69. The van der Waals surface area contributed by atoms with Crippen LogP contribution in [0, 0.1) is 6.92 Å². The number of amides is 1. The number of nitrogens with one attached hydrogen (secondary N) is 1. The Hall–Kier alpha value is -2.47. The van der Waals surface area contributed by atoms with Crippen LogP contribution in [0.15, 0.2) is 41.2 Å². The van der Waals surface area contributed by atoms with Gasteiger partial charge in [0.25, 0.3) is 11.5 Å². The number of fused-ring (bicyclic) bond motifs is 1. The van der Waals surface area contributed by atoms with E-state index in [1.54, 1.807) is 42.3 Å². The Bertz CT molecular complexity index is 896. The van der Waals surface area contributed by atoms with Crippen molar-refractivity contribution in [2.75, 3.05) is 7.05 Å². The molecule has 1 aromatic carbocycles. The molecule has 0 radical (unpaired) electrons. The van der Waals surface area contributed by atoms with Gasteiger partial charge in [0.1, 0.15) is 10.6 Å². The van der Waals surface area contributed by atoms with E-state index >= 15 is 0 Å². The first-order valence-electron chi connectivity index (χ1n) is 7.30. The molecule has 1 amide bonds. The van der Waals surface area contributed by atoms with Gasteiger partial charge in [-0.25, -0.2) is 4.98 Å². The molecule has 118 valence electrons. The smallest absolute Gasteiger partial charge is 0.260 e. The number of hydrogen-bond donors (Lipinski definition) is 1. The number of aryl methyl sites for hydroxylation is 1. The van der Waals surface area contributed by atoms with Crippen molar-refractivity contribution in [3.8, 4) is 0 Å². The maximum atomic E-state index is 12.6. The SMILES string of the molecule is Cc1ccc(C(=O)N(C)[C@@H](C)c2nc3ccccc3s2)c(=O)[nH]1. The Kier molecular flexibility index (Phi) is 4.00. The van der Waals surface area contributed by atoms with Gasteiger partial charge in [0.2, 0.25) is 0 Å². The fraction of sp³-hybridized carbons (Fsp3) is 0.235. The summed E-state index contributed by atoms with van der Waals surface area (Å²) in [6, 6.07) is 11.0. The van der Waals surface area contributed by atoms with Crippen LogP contribution in [0.5, 0.6) is 0 Å². The molecule has 3 aromatic rings. The lowest BCUT2D eigenvalue weighted by molar-refractivity contribution is 0.0740. The molecule has 5 nitrogen and oxygen atoms in total. The number of aromatic nitrogens is 2. The zero-order chi connectivity index (χ0) is 16.6. The highest BCUT2D eigenvalue weighted by Gasteiger charge is 2.23. The lowest BCUT2D eigenvalue weighted by Crippen LogP contribution is -2.33.